The Bertz CT molecular complexity index is 539. The summed E-state index contributed by atoms with van der Waals surface area (Å²) in [5.41, 5.74) is 6.31. The molecule has 1 fully saturated rings. The van der Waals surface area contributed by atoms with E-state index in [1.54, 1.807) is 6.92 Å². The third-order valence-corrected chi connectivity index (χ3v) is 6.81. The number of hydrogen-bond acceptors (Lipinski definition) is 5. The van der Waals surface area contributed by atoms with Gasteiger partial charge in [0.1, 0.15) is 0 Å². The van der Waals surface area contributed by atoms with Gasteiger partial charge in [0.05, 0.1) is 10.7 Å². The van der Waals surface area contributed by atoms with Crippen molar-refractivity contribution in [2.75, 3.05) is 6.54 Å². The predicted molar refractivity (Wildman–Crippen MR) is 84.0 cm³/mol. The molecule has 0 radical (unpaired) electrons. The van der Waals surface area contributed by atoms with Crippen LogP contribution in [0.4, 0.5) is 0 Å². The van der Waals surface area contributed by atoms with Gasteiger partial charge < -0.3 is 5.73 Å². The molecule has 0 aromatic carbocycles. The van der Waals surface area contributed by atoms with E-state index in [9.17, 15) is 8.42 Å². The van der Waals surface area contributed by atoms with Gasteiger partial charge in [-0.3, -0.25) is 0 Å². The molecule has 0 bridgehead atoms. The maximum Gasteiger partial charge on any atom is 0.252 e. The van der Waals surface area contributed by atoms with Crippen molar-refractivity contribution < 1.29 is 8.42 Å². The van der Waals surface area contributed by atoms with Crippen molar-refractivity contribution in [3.8, 4) is 0 Å². The predicted octanol–water partition coefficient (Wildman–Crippen LogP) is 1.98. The van der Waals surface area contributed by atoms with Crippen molar-refractivity contribution >= 4 is 33.8 Å². The number of halogens is 1. The molecular weight excluding hydrogens is 318 g/mol. The van der Waals surface area contributed by atoms with Crippen LogP contribution in [-0.2, 0) is 10.0 Å². The molecule has 20 heavy (non-hydrogen) atoms. The van der Waals surface area contributed by atoms with Gasteiger partial charge in [0.25, 0.3) is 10.0 Å². The largest absolute Gasteiger partial charge is 0.329 e. The van der Waals surface area contributed by atoms with Crippen molar-refractivity contribution in [2.24, 2.45) is 11.7 Å². The fourth-order valence-electron chi connectivity index (χ4n) is 2.71. The molecule has 0 amide bonds. The lowest BCUT2D eigenvalue weighted by Gasteiger charge is -2.22. The van der Waals surface area contributed by atoms with Crippen molar-refractivity contribution in [1.29, 1.82) is 0 Å². The molecule has 1 aliphatic rings. The lowest BCUT2D eigenvalue weighted by molar-refractivity contribution is 0.406. The molecule has 116 valence electrons. The van der Waals surface area contributed by atoms with Crippen molar-refractivity contribution in [3.05, 3.63) is 10.7 Å². The molecule has 0 spiro atoms. The average molecular weight is 340 g/mol. The van der Waals surface area contributed by atoms with Crippen molar-refractivity contribution in [3.63, 3.8) is 0 Å². The maximum absolute atomic E-state index is 12.4. The summed E-state index contributed by atoms with van der Waals surface area (Å²) in [5.74, 6) is 0.370. The second kappa shape index (κ2) is 7.17. The van der Waals surface area contributed by atoms with E-state index in [0.29, 0.717) is 22.4 Å². The Kier molecular flexibility index (Phi) is 6.40. The molecule has 1 saturated carbocycles. The van der Waals surface area contributed by atoms with Gasteiger partial charge in [-0.05, 0) is 32.6 Å². The third kappa shape index (κ3) is 3.92. The first-order chi connectivity index (χ1) is 8.94. The minimum atomic E-state index is -3.49. The molecule has 2 rings (SSSR count). The number of nitrogens with one attached hydrogen (secondary N) is 1. The molecule has 1 aliphatic carbocycles. The van der Waals surface area contributed by atoms with Crippen molar-refractivity contribution in [2.45, 2.75) is 49.8 Å². The Labute approximate surface area is 130 Å². The van der Waals surface area contributed by atoms with Crippen LogP contribution in [0.25, 0.3) is 0 Å². The Morgan fingerprint density at radius 1 is 1.40 bits per heavy atom. The molecule has 0 saturated heterocycles. The van der Waals surface area contributed by atoms with Gasteiger partial charge in [-0.1, -0.05) is 12.8 Å². The van der Waals surface area contributed by atoms with Crippen molar-refractivity contribution in [1.82, 2.24) is 9.71 Å². The van der Waals surface area contributed by atoms with Crippen LogP contribution in [0.1, 0.15) is 36.4 Å². The van der Waals surface area contributed by atoms with Crippen LogP contribution in [0.2, 0.25) is 0 Å². The number of sulfonamides is 1. The molecule has 1 unspecified atom stereocenters. The van der Waals surface area contributed by atoms with E-state index in [4.69, 9.17) is 5.73 Å². The van der Waals surface area contributed by atoms with E-state index in [1.807, 2.05) is 6.92 Å². The number of aromatic nitrogens is 1. The van der Waals surface area contributed by atoms with Crippen LogP contribution in [0.3, 0.4) is 0 Å². The number of nitrogens with two attached hydrogens (primary N) is 1. The molecule has 1 atom stereocenters. The van der Waals surface area contributed by atoms with Gasteiger partial charge in [-0.25, -0.2) is 18.1 Å². The number of thiazole rings is 1. The maximum atomic E-state index is 12.4. The van der Waals surface area contributed by atoms with E-state index in [2.05, 4.69) is 9.71 Å². The lowest BCUT2D eigenvalue weighted by atomic mass is 9.99. The smallest absolute Gasteiger partial charge is 0.252 e. The Balaban J connectivity index is 0.00000200. The second-order valence-corrected chi connectivity index (χ2v) is 8.23. The Morgan fingerprint density at radius 2 is 2.00 bits per heavy atom. The topological polar surface area (TPSA) is 85.1 Å². The molecule has 1 aromatic heterocycles. The number of nitrogens with zero attached hydrogens (tertiary/aromatic N) is 1. The van der Waals surface area contributed by atoms with Gasteiger partial charge in [-0.2, -0.15) is 0 Å². The summed E-state index contributed by atoms with van der Waals surface area (Å²) in [5, 5.41) is 0.767. The highest BCUT2D eigenvalue weighted by Crippen LogP contribution is 2.29. The summed E-state index contributed by atoms with van der Waals surface area (Å²) in [6.07, 6.45) is 4.46. The van der Waals surface area contributed by atoms with E-state index in [-0.39, 0.29) is 18.4 Å². The summed E-state index contributed by atoms with van der Waals surface area (Å²) in [4.78, 5) is 4.18. The van der Waals surface area contributed by atoms with E-state index in [0.717, 1.165) is 17.8 Å². The zero-order valence-corrected chi connectivity index (χ0v) is 14.2. The molecule has 1 heterocycles. The Hall–Kier alpha value is -0.210. The molecule has 0 aliphatic heterocycles. The number of rotatable bonds is 5. The normalized spacial score (nSPS) is 17.9. The summed E-state index contributed by atoms with van der Waals surface area (Å²) < 4.78 is 27.9. The molecular formula is C12H22ClN3O2S2. The quantitative estimate of drug-likeness (QED) is 0.859. The zero-order chi connectivity index (χ0) is 14.0. The molecule has 8 heteroatoms. The van der Waals surface area contributed by atoms with Gasteiger partial charge >= 0.3 is 0 Å². The van der Waals surface area contributed by atoms with Gasteiger partial charge in [0, 0.05) is 12.6 Å². The van der Waals surface area contributed by atoms with E-state index >= 15 is 0 Å². The van der Waals surface area contributed by atoms with E-state index < -0.39 is 10.0 Å². The summed E-state index contributed by atoms with van der Waals surface area (Å²) >= 11 is 1.21. The number of aryl methyl sites for hydroxylation is 2. The first kappa shape index (κ1) is 17.8. The second-order valence-electron chi connectivity index (χ2n) is 5.11. The highest BCUT2D eigenvalue weighted by atomic mass is 35.5. The highest BCUT2D eigenvalue weighted by molar-refractivity contribution is 7.91. The van der Waals surface area contributed by atoms with Crippen LogP contribution in [0, 0.1) is 19.8 Å². The molecule has 5 nitrogen and oxygen atoms in total. The van der Waals surface area contributed by atoms with Crippen LogP contribution < -0.4 is 10.5 Å². The average Bonchev–Trinajstić information content (AvgIpc) is 2.96. The fourth-order valence-corrected chi connectivity index (χ4v) is 5.53. The first-order valence-electron chi connectivity index (χ1n) is 6.60. The summed E-state index contributed by atoms with van der Waals surface area (Å²) in [6, 6.07) is -0.158. The first-order valence-corrected chi connectivity index (χ1v) is 8.90. The van der Waals surface area contributed by atoms with E-state index in [1.165, 1.54) is 24.2 Å². The molecule has 1 aromatic rings. The van der Waals surface area contributed by atoms with Crippen LogP contribution in [0.5, 0.6) is 0 Å². The monoisotopic (exact) mass is 339 g/mol. The summed E-state index contributed by atoms with van der Waals surface area (Å²) in [7, 11) is -3.49. The van der Waals surface area contributed by atoms with Crippen LogP contribution >= 0.6 is 23.7 Å². The summed E-state index contributed by atoms with van der Waals surface area (Å²) in [6.45, 7) is 3.89. The highest BCUT2D eigenvalue weighted by Gasteiger charge is 2.30. The number of hydrogen-bond donors (Lipinski definition) is 2. The third-order valence-electron chi connectivity index (χ3n) is 3.63. The standard InChI is InChI=1S/C12H21N3O2S2.ClH/c1-8-12(18-9(2)14-8)19(16,17)15-11(7-13)10-5-3-4-6-10;/h10-11,15H,3-7,13H2,1-2H3;1H. The SMILES string of the molecule is Cc1nc(C)c(S(=O)(=O)NC(CN)C2CCCC2)s1.Cl. The van der Waals surface area contributed by atoms with Gasteiger partial charge in [0.2, 0.25) is 0 Å². The lowest BCUT2D eigenvalue weighted by Crippen LogP contribution is -2.44. The van der Waals surface area contributed by atoms with Crippen LogP contribution in [-0.4, -0.2) is 26.0 Å². The zero-order valence-electron chi connectivity index (χ0n) is 11.8. The minimum Gasteiger partial charge on any atom is -0.329 e. The van der Waals surface area contributed by atoms with Crippen LogP contribution in [0.15, 0.2) is 4.21 Å². The fraction of sp³-hybridized carbons (Fsp3) is 0.750. The Morgan fingerprint density at radius 3 is 2.45 bits per heavy atom. The minimum absolute atomic E-state index is 0. The molecule has 3 N–H and O–H groups in total. The van der Waals surface area contributed by atoms with Gasteiger partial charge in [0.15, 0.2) is 4.21 Å². The van der Waals surface area contributed by atoms with Gasteiger partial charge in [-0.15, -0.1) is 23.7 Å².